The fourth-order valence-corrected chi connectivity index (χ4v) is 5.27. The Morgan fingerprint density at radius 1 is 1.06 bits per heavy atom. The van der Waals surface area contributed by atoms with Crippen molar-refractivity contribution in [2.75, 3.05) is 20.1 Å². The molecule has 2 atom stereocenters. The van der Waals surface area contributed by atoms with Gasteiger partial charge in [-0.25, -0.2) is 4.79 Å². The molecule has 1 fully saturated rings. The van der Waals surface area contributed by atoms with Crippen LogP contribution < -0.4 is 5.32 Å². The van der Waals surface area contributed by atoms with Gasteiger partial charge in [-0.05, 0) is 54.3 Å². The van der Waals surface area contributed by atoms with E-state index in [2.05, 4.69) is 97.5 Å². The molecule has 1 N–H and O–H groups in total. The summed E-state index contributed by atoms with van der Waals surface area (Å²) in [4.78, 5) is 18.2. The van der Waals surface area contributed by atoms with E-state index in [0.717, 1.165) is 30.6 Å². The van der Waals surface area contributed by atoms with E-state index < -0.39 is 0 Å². The third kappa shape index (κ3) is 4.81. The molecule has 168 valence electrons. The lowest BCUT2D eigenvalue weighted by Gasteiger charge is -2.48. The van der Waals surface area contributed by atoms with E-state index in [-0.39, 0.29) is 23.5 Å². The molecule has 0 saturated carbocycles. The number of carbonyl (C=O) groups is 1. The quantitative estimate of drug-likeness (QED) is 0.553. The first-order chi connectivity index (χ1) is 15.3. The van der Waals surface area contributed by atoms with Gasteiger partial charge in [0.15, 0.2) is 0 Å². The predicted molar refractivity (Wildman–Crippen MR) is 133 cm³/mol. The van der Waals surface area contributed by atoms with Gasteiger partial charge < -0.3 is 15.1 Å². The summed E-state index contributed by atoms with van der Waals surface area (Å²) in [5.74, 6) is 0. The standard InChI is InChI=1S/C28H35N3O/c1-21(24-16-10-14-23-13-8-9-15-25(23)24)29-27(32)31(19-22-11-6-5-7-12-22)26-17-18-30(4)20-28(26,2)3/h5-16,21,26H,17-20H2,1-4H3,(H,29,32)/t21-,26?/m0/s1. The van der Waals surface area contributed by atoms with Crippen molar-refractivity contribution < 1.29 is 4.79 Å². The van der Waals surface area contributed by atoms with Crippen molar-refractivity contribution in [3.05, 3.63) is 83.9 Å². The molecule has 3 aromatic rings. The van der Waals surface area contributed by atoms with Crippen LogP contribution in [0.15, 0.2) is 72.8 Å². The summed E-state index contributed by atoms with van der Waals surface area (Å²) in [5, 5.41) is 5.72. The number of fused-ring (bicyclic) bond motifs is 1. The van der Waals surface area contributed by atoms with E-state index in [1.165, 1.54) is 10.8 Å². The number of urea groups is 1. The van der Waals surface area contributed by atoms with Gasteiger partial charge in [0.2, 0.25) is 0 Å². The predicted octanol–water partition coefficient (Wildman–Crippen LogP) is 5.84. The molecular weight excluding hydrogens is 394 g/mol. The molecule has 4 heteroatoms. The largest absolute Gasteiger partial charge is 0.331 e. The first-order valence-corrected chi connectivity index (χ1v) is 11.6. The van der Waals surface area contributed by atoms with Crippen LogP contribution in [0.4, 0.5) is 4.79 Å². The summed E-state index contributed by atoms with van der Waals surface area (Å²) >= 11 is 0. The zero-order valence-corrected chi connectivity index (χ0v) is 19.7. The highest BCUT2D eigenvalue weighted by molar-refractivity contribution is 5.86. The maximum Gasteiger partial charge on any atom is 0.318 e. The minimum absolute atomic E-state index is 0.0110. The smallest absolute Gasteiger partial charge is 0.318 e. The van der Waals surface area contributed by atoms with E-state index in [0.29, 0.717) is 6.54 Å². The van der Waals surface area contributed by atoms with Crippen molar-refractivity contribution in [2.45, 2.75) is 45.8 Å². The summed E-state index contributed by atoms with van der Waals surface area (Å²) in [6.45, 7) is 9.26. The number of benzene rings is 3. The number of hydrogen-bond donors (Lipinski definition) is 1. The number of carbonyl (C=O) groups excluding carboxylic acids is 1. The topological polar surface area (TPSA) is 35.6 Å². The fourth-order valence-electron chi connectivity index (χ4n) is 5.27. The van der Waals surface area contributed by atoms with Crippen molar-refractivity contribution in [1.82, 2.24) is 15.1 Å². The lowest BCUT2D eigenvalue weighted by Crippen LogP contribution is -2.58. The van der Waals surface area contributed by atoms with Crippen molar-refractivity contribution >= 4 is 16.8 Å². The SMILES string of the molecule is C[C@H](NC(=O)N(Cc1ccccc1)C1CCN(C)CC1(C)C)c1cccc2ccccc12. The highest BCUT2D eigenvalue weighted by Crippen LogP contribution is 2.34. The number of nitrogens with one attached hydrogen (secondary N) is 1. The molecule has 0 spiro atoms. The monoisotopic (exact) mass is 429 g/mol. The van der Waals surface area contributed by atoms with Gasteiger partial charge in [0, 0.05) is 19.1 Å². The van der Waals surface area contributed by atoms with Crippen LogP contribution in [0.2, 0.25) is 0 Å². The van der Waals surface area contributed by atoms with E-state index in [1.54, 1.807) is 0 Å². The van der Waals surface area contributed by atoms with Crippen LogP contribution in [0.5, 0.6) is 0 Å². The summed E-state index contributed by atoms with van der Waals surface area (Å²) in [6, 6.07) is 25.1. The van der Waals surface area contributed by atoms with E-state index in [4.69, 9.17) is 0 Å². The maximum atomic E-state index is 13.7. The Kier molecular flexibility index (Phi) is 6.52. The molecule has 4 nitrogen and oxygen atoms in total. The molecule has 1 aliphatic heterocycles. The number of hydrogen-bond acceptors (Lipinski definition) is 2. The highest BCUT2D eigenvalue weighted by Gasteiger charge is 2.40. The molecule has 1 saturated heterocycles. The number of likely N-dealkylation sites (tertiary alicyclic amines) is 1. The van der Waals surface area contributed by atoms with E-state index in [1.807, 2.05) is 18.2 Å². The van der Waals surface area contributed by atoms with Crippen LogP contribution in [0, 0.1) is 5.41 Å². The summed E-state index contributed by atoms with van der Waals surface area (Å²) in [6.07, 6.45) is 0.979. The average molecular weight is 430 g/mol. The molecule has 32 heavy (non-hydrogen) atoms. The normalized spacial score (nSPS) is 19.4. The molecule has 0 aromatic heterocycles. The Morgan fingerprint density at radius 2 is 1.75 bits per heavy atom. The van der Waals surface area contributed by atoms with Crippen LogP contribution in [-0.2, 0) is 6.54 Å². The minimum atomic E-state index is -0.0822. The molecule has 0 aliphatic carbocycles. The van der Waals surface area contributed by atoms with Gasteiger partial charge in [-0.3, -0.25) is 0 Å². The van der Waals surface area contributed by atoms with Crippen LogP contribution in [0.1, 0.15) is 44.4 Å². The lowest BCUT2D eigenvalue weighted by atomic mass is 9.78. The molecule has 1 unspecified atom stereocenters. The van der Waals surface area contributed by atoms with Gasteiger partial charge in [0.05, 0.1) is 6.04 Å². The van der Waals surface area contributed by atoms with Crippen LogP contribution >= 0.6 is 0 Å². The molecule has 0 bridgehead atoms. The Hall–Kier alpha value is -2.85. The Balaban J connectivity index is 1.61. The van der Waals surface area contributed by atoms with Gasteiger partial charge in [-0.15, -0.1) is 0 Å². The number of amides is 2. The number of nitrogens with zero attached hydrogens (tertiary/aromatic N) is 2. The number of rotatable bonds is 5. The molecule has 3 aromatic carbocycles. The van der Waals surface area contributed by atoms with Crippen LogP contribution in [-0.4, -0.2) is 42.0 Å². The summed E-state index contributed by atoms with van der Waals surface area (Å²) in [7, 11) is 2.17. The van der Waals surface area contributed by atoms with Crippen molar-refractivity contribution in [2.24, 2.45) is 5.41 Å². The van der Waals surface area contributed by atoms with Gasteiger partial charge in [0.1, 0.15) is 0 Å². The average Bonchev–Trinajstić information content (AvgIpc) is 2.77. The maximum absolute atomic E-state index is 13.7. The number of piperidine rings is 1. The van der Waals surface area contributed by atoms with Crippen molar-refractivity contribution in [3.63, 3.8) is 0 Å². The van der Waals surface area contributed by atoms with Gasteiger partial charge in [-0.1, -0.05) is 86.6 Å². The Labute approximate surface area is 192 Å². The summed E-state index contributed by atoms with van der Waals surface area (Å²) in [5.41, 5.74) is 2.33. The molecule has 1 heterocycles. The first-order valence-electron chi connectivity index (χ1n) is 11.6. The second kappa shape index (κ2) is 9.33. The first kappa shape index (κ1) is 22.3. The minimum Gasteiger partial charge on any atom is -0.331 e. The molecule has 2 amide bonds. The highest BCUT2D eigenvalue weighted by atomic mass is 16.2. The zero-order valence-electron chi connectivity index (χ0n) is 19.7. The second-order valence-corrected chi connectivity index (χ2v) is 9.88. The van der Waals surface area contributed by atoms with E-state index >= 15 is 0 Å². The third-order valence-corrected chi connectivity index (χ3v) is 6.83. The molecular formula is C28H35N3O. The van der Waals surface area contributed by atoms with Crippen LogP contribution in [0.25, 0.3) is 10.8 Å². The Bertz CT molecular complexity index is 1060. The Morgan fingerprint density at radius 3 is 2.50 bits per heavy atom. The fraction of sp³-hybridized carbons (Fsp3) is 0.393. The summed E-state index contributed by atoms with van der Waals surface area (Å²) < 4.78 is 0. The van der Waals surface area contributed by atoms with Gasteiger partial charge in [0.25, 0.3) is 0 Å². The second-order valence-electron chi connectivity index (χ2n) is 9.88. The molecule has 4 rings (SSSR count). The van der Waals surface area contributed by atoms with Crippen LogP contribution in [0.3, 0.4) is 0 Å². The third-order valence-electron chi connectivity index (χ3n) is 6.83. The van der Waals surface area contributed by atoms with Gasteiger partial charge >= 0.3 is 6.03 Å². The zero-order chi connectivity index (χ0) is 22.7. The molecule has 0 radical (unpaired) electrons. The van der Waals surface area contributed by atoms with E-state index in [9.17, 15) is 4.79 Å². The lowest BCUT2D eigenvalue weighted by molar-refractivity contribution is 0.0300. The molecule has 1 aliphatic rings. The van der Waals surface area contributed by atoms with Crippen molar-refractivity contribution in [1.29, 1.82) is 0 Å². The van der Waals surface area contributed by atoms with Gasteiger partial charge in [-0.2, -0.15) is 0 Å². The van der Waals surface area contributed by atoms with Crippen molar-refractivity contribution in [3.8, 4) is 0 Å².